The van der Waals surface area contributed by atoms with Gasteiger partial charge in [-0.05, 0) is 74.4 Å². The summed E-state index contributed by atoms with van der Waals surface area (Å²) in [7, 11) is 0. The number of rotatable bonds is 5. The van der Waals surface area contributed by atoms with Crippen LogP contribution in [0, 0.1) is 11.3 Å². The van der Waals surface area contributed by atoms with E-state index in [0.717, 1.165) is 52.3 Å². The van der Waals surface area contributed by atoms with Gasteiger partial charge in [0.25, 0.3) is 0 Å². The number of amides is 2. The van der Waals surface area contributed by atoms with Crippen LogP contribution < -0.4 is 10.1 Å². The molecule has 2 aromatic carbocycles. The number of urea groups is 1. The van der Waals surface area contributed by atoms with E-state index >= 15 is 0 Å². The van der Waals surface area contributed by atoms with Gasteiger partial charge in [-0.25, -0.2) is 9.78 Å². The number of benzene rings is 2. The number of aliphatic hydroxyl groups excluding tert-OH is 1. The Morgan fingerprint density at radius 2 is 2.17 bits per heavy atom. The Morgan fingerprint density at radius 3 is 2.94 bits per heavy atom. The molecule has 2 N–H and O–H groups in total. The van der Waals surface area contributed by atoms with Gasteiger partial charge in [0.15, 0.2) is 0 Å². The van der Waals surface area contributed by atoms with E-state index in [1.54, 1.807) is 16.2 Å². The van der Waals surface area contributed by atoms with Crippen LogP contribution >= 0.6 is 11.3 Å². The lowest BCUT2D eigenvalue weighted by Crippen LogP contribution is -2.47. The molecule has 1 aromatic heterocycles. The molecule has 1 aliphatic heterocycles. The van der Waals surface area contributed by atoms with Gasteiger partial charge in [0.1, 0.15) is 16.8 Å². The van der Waals surface area contributed by atoms with Gasteiger partial charge in [0.2, 0.25) is 0 Å². The quantitative estimate of drug-likeness (QED) is 0.494. The Bertz CT molecular complexity index is 1310. The fourth-order valence-electron chi connectivity index (χ4n) is 5.05. The van der Waals surface area contributed by atoms with E-state index in [1.165, 1.54) is 5.56 Å². The first kappa shape index (κ1) is 24.3. The summed E-state index contributed by atoms with van der Waals surface area (Å²) >= 11 is 1.60. The summed E-state index contributed by atoms with van der Waals surface area (Å²) in [6.07, 6.45) is 4.77. The number of nitriles is 1. The molecule has 36 heavy (non-hydrogen) atoms. The van der Waals surface area contributed by atoms with E-state index in [-0.39, 0.29) is 18.2 Å². The van der Waals surface area contributed by atoms with E-state index in [9.17, 15) is 15.2 Å². The van der Waals surface area contributed by atoms with Crippen LogP contribution in [0.4, 0.5) is 4.79 Å². The molecule has 1 fully saturated rings. The minimum Gasteiger partial charge on any atom is -0.490 e. The maximum absolute atomic E-state index is 12.8. The molecule has 1 saturated heterocycles. The number of fused-ring (bicyclic) bond motifs is 1. The van der Waals surface area contributed by atoms with Crippen LogP contribution in [0.15, 0.2) is 42.6 Å². The number of ether oxygens (including phenoxy) is 1. The molecule has 7 nitrogen and oxygen atoms in total. The molecule has 0 bridgehead atoms. The van der Waals surface area contributed by atoms with Gasteiger partial charge in [-0.3, -0.25) is 0 Å². The van der Waals surface area contributed by atoms with Crippen molar-refractivity contribution in [2.24, 2.45) is 0 Å². The third-order valence-electron chi connectivity index (χ3n) is 6.73. The Kier molecular flexibility index (Phi) is 6.95. The van der Waals surface area contributed by atoms with Gasteiger partial charge in [0, 0.05) is 24.8 Å². The van der Waals surface area contributed by atoms with Crippen molar-refractivity contribution in [2.45, 2.75) is 57.8 Å². The first-order valence-corrected chi connectivity index (χ1v) is 13.3. The largest absolute Gasteiger partial charge is 0.490 e. The monoisotopic (exact) mass is 502 g/mol. The van der Waals surface area contributed by atoms with Gasteiger partial charge in [0.05, 0.1) is 28.7 Å². The van der Waals surface area contributed by atoms with Crippen LogP contribution in [0.5, 0.6) is 5.75 Å². The maximum Gasteiger partial charge on any atom is 0.317 e. The van der Waals surface area contributed by atoms with Crippen molar-refractivity contribution in [1.82, 2.24) is 15.2 Å². The number of β-amino-alcohol motifs (C(OH)–C–C–N with tert-alkyl or cyclic N) is 1. The highest BCUT2D eigenvalue weighted by Gasteiger charge is 2.29. The number of thiazole rings is 1. The fourth-order valence-corrected chi connectivity index (χ4v) is 6.02. The Balaban J connectivity index is 1.36. The number of nitrogens with one attached hydrogen (secondary N) is 1. The topological polar surface area (TPSA) is 98.5 Å². The lowest BCUT2D eigenvalue weighted by atomic mass is 10.0. The smallest absolute Gasteiger partial charge is 0.317 e. The minimum atomic E-state index is -0.435. The molecule has 1 aliphatic carbocycles. The number of hydrogen-bond acceptors (Lipinski definition) is 6. The highest BCUT2D eigenvalue weighted by molar-refractivity contribution is 7.18. The minimum absolute atomic E-state index is 0.00496. The van der Waals surface area contributed by atoms with Crippen molar-refractivity contribution in [3.63, 3.8) is 0 Å². The van der Waals surface area contributed by atoms with E-state index in [4.69, 9.17) is 4.74 Å². The highest BCUT2D eigenvalue weighted by Crippen LogP contribution is 2.41. The van der Waals surface area contributed by atoms with Crippen molar-refractivity contribution in [2.75, 3.05) is 13.1 Å². The summed E-state index contributed by atoms with van der Waals surface area (Å²) in [6, 6.07) is 13.9. The van der Waals surface area contributed by atoms with Crippen LogP contribution in [0.25, 0.3) is 21.0 Å². The van der Waals surface area contributed by atoms with Crippen LogP contribution in [-0.2, 0) is 6.42 Å². The zero-order valence-electron chi connectivity index (χ0n) is 20.5. The number of hydrogen-bond donors (Lipinski definition) is 2. The number of carbonyl (C=O) groups excluding carboxylic acids is 1. The average molecular weight is 503 g/mol. The molecule has 0 saturated carbocycles. The zero-order chi connectivity index (χ0) is 25.2. The summed E-state index contributed by atoms with van der Waals surface area (Å²) in [4.78, 5) is 20.3. The SMILES string of the molecule is CC(C)Oc1ccc(-c2ncc(-c3cccc4c3CC[C@@H]4NC(=O)N3CCCC(O)C3)s2)cc1C#N. The van der Waals surface area contributed by atoms with Gasteiger partial charge >= 0.3 is 6.03 Å². The predicted octanol–water partition coefficient (Wildman–Crippen LogP) is 5.29. The maximum atomic E-state index is 12.8. The second kappa shape index (κ2) is 10.3. The Hall–Kier alpha value is -3.41. The molecular weight excluding hydrogens is 472 g/mol. The number of aliphatic hydroxyl groups is 1. The molecule has 2 heterocycles. The van der Waals surface area contributed by atoms with Gasteiger partial charge in [-0.2, -0.15) is 5.26 Å². The molecular formula is C28H30N4O3S. The van der Waals surface area contributed by atoms with Gasteiger partial charge < -0.3 is 20.1 Å². The number of nitrogens with zero attached hydrogens (tertiary/aromatic N) is 3. The summed E-state index contributed by atoms with van der Waals surface area (Å²) in [6.45, 7) is 4.96. The number of carbonyl (C=O) groups is 1. The molecule has 186 valence electrons. The van der Waals surface area contributed by atoms with Crippen molar-refractivity contribution < 1.29 is 14.6 Å². The Labute approximate surface area is 215 Å². The third kappa shape index (κ3) is 4.95. The normalized spacial score (nSPS) is 19.1. The number of aromatic nitrogens is 1. The first-order valence-electron chi connectivity index (χ1n) is 12.5. The predicted molar refractivity (Wildman–Crippen MR) is 140 cm³/mol. The average Bonchev–Trinajstić information content (AvgIpc) is 3.52. The Morgan fingerprint density at radius 1 is 1.31 bits per heavy atom. The molecule has 1 unspecified atom stereocenters. The second-order valence-electron chi connectivity index (χ2n) is 9.68. The molecule has 3 aromatic rings. The first-order chi connectivity index (χ1) is 17.4. The van der Waals surface area contributed by atoms with Crippen LogP contribution in [0.2, 0.25) is 0 Å². The molecule has 2 atom stereocenters. The van der Waals surface area contributed by atoms with Crippen molar-refractivity contribution in [1.29, 1.82) is 5.26 Å². The number of piperidine rings is 1. The molecule has 2 amide bonds. The van der Waals surface area contributed by atoms with Gasteiger partial charge in [-0.15, -0.1) is 11.3 Å². The summed E-state index contributed by atoms with van der Waals surface area (Å²) in [5, 5.41) is 23.5. The zero-order valence-corrected chi connectivity index (χ0v) is 21.3. The van der Waals surface area contributed by atoms with Crippen LogP contribution in [-0.4, -0.2) is 46.3 Å². The standard InChI is InChI=1S/C28H30N4O3S/c1-17(2)35-25-11-8-18(13-19(25)14-29)27-30-15-26(36-27)23-7-3-6-22-21(23)9-10-24(22)31-28(34)32-12-4-5-20(33)16-32/h3,6-8,11,13,15,17,20,24,33H,4-5,9-10,12,16H2,1-2H3,(H,31,34)/t20?,24-/m0/s1. The van der Waals surface area contributed by atoms with Gasteiger partial charge in [-0.1, -0.05) is 18.2 Å². The molecule has 2 aliphatic rings. The van der Waals surface area contributed by atoms with Crippen LogP contribution in [0.3, 0.4) is 0 Å². The van der Waals surface area contributed by atoms with Crippen molar-refractivity contribution >= 4 is 17.4 Å². The lowest BCUT2D eigenvalue weighted by molar-refractivity contribution is 0.0833. The third-order valence-corrected chi connectivity index (χ3v) is 7.81. The summed E-state index contributed by atoms with van der Waals surface area (Å²) in [5.41, 5.74) is 4.92. The summed E-state index contributed by atoms with van der Waals surface area (Å²) in [5.74, 6) is 0.584. The number of likely N-dealkylation sites (tertiary alicyclic amines) is 1. The van der Waals surface area contributed by atoms with E-state index in [2.05, 4.69) is 28.5 Å². The molecule has 8 heteroatoms. The van der Waals surface area contributed by atoms with Crippen molar-refractivity contribution in [3.8, 4) is 32.8 Å². The summed E-state index contributed by atoms with van der Waals surface area (Å²) < 4.78 is 5.75. The fraction of sp³-hybridized carbons (Fsp3) is 0.393. The van der Waals surface area contributed by atoms with Crippen molar-refractivity contribution in [3.05, 3.63) is 59.3 Å². The van der Waals surface area contributed by atoms with E-state index in [0.29, 0.717) is 24.4 Å². The van der Waals surface area contributed by atoms with E-state index in [1.807, 2.05) is 44.3 Å². The molecule has 0 radical (unpaired) electrons. The van der Waals surface area contributed by atoms with Crippen LogP contribution in [0.1, 0.15) is 55.8 Å². The van der Waals surface area contributed by atoms with E-state index < -0.39 is 6.10 Å². The molecule has 0 spiro atoms. The molecule has 5 rings (SSSR count). The lowest BCUT2D eigenvalue weighted by Gasteiger charge is -2.31. The second-order valence-corrected chi connectivity index (χ2v) is 10.7. The highest BCUT2D eigenvalue weighted by atomic mass is 32.1.